The van der Waals surface area contributed by atoms with Crippen molar-refractivity contribution in [1.29, 1.82) is 0 Å². The van der Waals surface area contributed by atoms with E-state index < -0.39 is 0 Å². The van der Waals surface area contributed by atoms with Crippen molar-refractivity contribution in [2.45, 2.75) is 25.7 Å². The molecule has 2 rings (SSSR count). The molecule has 2 aliphatic carbocycles. The Bertz CT molecular complexity index is 172. The lowest BCUT2D eigenvalue weighted by atomic mass is 9.94. The first-order chi connectivity index (χ1) is 4.47. The Morgan fingerprint density at radius 3 is 3.33 bits per heavy atom. The van der Waals surface area contributed by atoms with Crippen LogP contribution in [0.1, 0.15) is 25.7 Å². The van der Waals surface area contributed by atoms with E-state index in [1.807, 2.05) is 0 Å². The second-order valence-electron chi connectivity index (χ2n) is 2.66. The van der Waals surface area contributed by atoms with Crippen molar-refractivity contribution in [3.63, 3.8) is 0 Å². The fourth-order valence-corrected chi connectivity index (χ4v) is 1.50. The first kappa shape index (κ1) is 5.28. The fraction of sp³-hybridized carbons (Fsp3) is 0.444. The summed E-state index contributed by atoms with van der Waals surface area (Å²) < 4.78 is 0. The van der Waals surface area contributed by atoms with Crippen LogP contribution in [0.5, 0.6) is 0 Å². The Balaban J connectivity index is 2.24. The van der Waals surface area contributed by atoms with E-state index in [2.05, 4.69) is 18.6 Å². The molecule has 0 N–H and O–H groups in total. The van der Waals surface area contributed by atoms with E-state index in [4.69, 9.17) is 0 Å². The Labute approximate surface area is 56.3 Å². The first-order valence-corrected chi connectivity index (χ1v) is 3.55. The van der Waals surface area contributed by atoms with E-state index in [9.17, 15) is 0 Å². The summed E-state index contributed by atoms with van der Waals surface area (Å²) in [5.41, 5.74) is 3.20. The van der Waals surface area contributed by atoms with Crippen LogP contribution in [0, 0.1) is 6.42 Å². The van der Waals surface area contributed by atoms with Crippen LogP contribution in [0.15, 0.2) is 23.3 Å². The van der Waals surface area contributed by atoms with Gasteiger partial charge in [-0.15, -0.1) is 0 Å². The van der Waals surface area contributed by atoms with Crippen LogP contribution in [0.3, 0.4) is 0 Å². The predicted octanol–water partition coefficient (Wildman–Crippen LogP) is 2.51. The summed E-state index contributed by atoms with van der Waals surface area (Å²) in [6, 6.07) is 0. The van der Waals surface area contributed by atoms with Gasteiger partial charge in [-0.05, 0) is 37.7 Å². The Morgan fingerprint density at radius 2 is 2.44 bits per heavy atom. The zero-order chi connectivity index (χ0) is 6.10. The highest BCUT2D eigenvalue weighted by atomic mass is 14.2. The monoisotopic (exact) mass is 118 g/mol. The van der Waals surface area contributed by atoms with Gasteiger partial charge >= 0.3 is 0 Å². The lowest BCUT2D eigenvalue weighted by Crippen LogP contribution is -1.93. The summed E-state index contributed by atoms with van der Waals surface area (Å²) >= 11 is 0. The highest BCUT2D eigenvalue weighted by molar-refractivity contribution is 5.36. The number of hydrogen-bond donors (Lipinski definition) is 0. The quantitative estimate of drug-likeness (QED) is 0.458. The number of hydrogen-bond acceptors (Lipinski definition) is 0. The van der Waals surface area contributed by atoms with Gasteiger partial charge in [-0.25, -0.2) is 0 Å². The normalized spacial score (nSPS) is 24.9. The van der Waals surface area contributed by atoms with Crippen LogP contribution < -0.4 is 0 Å². The number of allylic oxidation sites excluding steroid dienone is 4. The van der Waals surface area contributed by atoms with Gasteiger partial charge in [0.15, 0.2) is 0 Å². The molecule has 0 amide bonds. The summed E-state index contributed by atoms with van der Waals surface area (Å²) in [6.07, 6.45) is 12.6. The molecule has 46 valence electrons. The van der Waals surface area contributed by atoms with Crippen LogP contribution >= 0.6 is 0 Å². The molecule has 0 heteroatoms. The third-order valence-corrected chi connectivity index (χ3v) is 2.06. The molecule has 0 aliphatic heterocycles. The summed E-state index contributed by atoms with van der Waals surface area (Å²) in [5.74, 6) is 0. The van der Waals surface area contributed by atoms with E-state index >= 15 is 0 Å². The van der Waals surface area contributed by atoms with Crippen molar-refractivity contribution in [1.82, 2.24) is 0 Å². The summed E-state index contributed by atoms with van der Waals surface area (Å²) in [6.45, 7) is 0. The minimum atomic E-state index is 1.10. The van der Waals surface area contributed by atoms with E-state index in [0.29, 0.717) is 0 Å². The lowest BCUT2D eigenvalue weighted by Gasteiger charge is -2.11. The van der Waals surface area contributed by atoms with Crippen LogP contribution in [0.2, 0.25) is 0 Å². The minimum Gasteiger partial charge on any atom is -0.0802 e. The zero-order valence-electron chi connectivity index (χ0n) is 5.48. The molecule has 9 heavy (non-hydrogen) atoms. The maximum Gasteiger partial charge on any atom is -0.0123 e. The molecule has 0 spiro atoms. The van der Waals surface area contributed by atoms with Crippen molar-refractivity contribution < 1.29 is 0 Å². The van der Waals surface area contributed by atoms with Crippen molar-refractivity contribution in [2.24, 2.45) is 0 Å². The molecule has 0 saturated carbocycles. The van der Waals surface area contributed by atoms with Gasteiger partial charge < -0.3 is 0 Å². The third-order valence-electron chi connectivity index (χ3n) is 2.06. The molecular formula is C9H10. The molecule has 0 aromatic carbocycles. The molecular weight excluding hydrogens is 108 g/mol. The van der Waals surface area contributed by atoms with E-state index in [1.54, 1.807) is 11.1 Å². The van der Waals surface area contributed by atoms with Gasteiger partial charge in [-0.2, -0.15) is 0 Å². The van der Waals surface area contributed by atoms with Crippen LogP contribution in [0.25, 0.3) is 0 Å². The molecule has 2 aliphatic rings. The molecule has 0 aromatic heterocycles. The van der Waals surface area contributed by atoms with Gasteiger partial charge in [0.05, 0.1) is 0 Å². The highest BCUT2D eigenvalue weighted by Gasteiger charge is 2.12. The van der Waals surface area contributed by atoms with Gasteiger partial charge in [0.25, 0.3) is 0 Å². The zero-order valence-corrected chi connectivity index (χ0v) is 5.48. The van der Waals surface area contributed by atoms with E-state index in [-0.39, 0.29) is 0 Å². The van der Waals surface area contributed by atoms with Gasteiger partial charge in [-0.3, -0.25) is 0 Å². The molecule has 0 heterocycles. The van der Waals surface area contributed by atoms with Gasteiger partial charge in [-0.1, -0.05) is 17.7 Å². The summed E-state index contributed by atoms with van der Waals surface area (Å²) in [4.78, 5) is 0. The van der Waals surface area contributed by atoms with Crippen molar-refractivity contribution in [2.75, 3.05) is 0 Å². The maximum atomic E-state index is 3.35. The van der Waals surface area contributed by atoms with E-state index in [0.717, 1.165) is 6.42 Å². The molecule has 0 fully saturated rings. The van der Waals surface area contributed by atoms with Gasteiger partial charge in [0.2, 0.25) is 0 Å². The van der Waals surface area contributed by atoms with Crippen molar-refractivity contribution in [3.05, 3.63) is 29.7 Å². The molecule has 0 atom stereocenters. The minimum absolute atomic E-state index is 1.10. The topological polar surface area (TPSA) is 0 Å². The predicted molar refractivity (Wildman–Crippen MR) is 37.9 cm³/mol. The van der Waals surface area contributed by atoms with Crippen LogP contribution in [-0.2, 0) is 0 Å². The van der Waals surface area contributed by atoms with Crippen LogP contribution in [-0.4, -0.2) is 0 Å². The fourth-order valence-electron chi connectivity index (χ4n) is 1.50. The molecule has 2 radical (unpaired) electrons. The lowest BCUT2D eigenvalue weighted by molar-refractivity contribution is 0.813. The average molecular weight is 118 g/mol. The molecule has 0 saturated heterocycles. The Hall–Kier alpha value is -0.520. The standard InChI is InChI=1S/C9H10/c1-2-5-9-7-3-6-8(9)4-1/h3,7H,1,4-6H2. The Kier molecular flexibility index (Phi) is 1.18. The summed E-state index contributed by atoms with van der Waals surface area (Å²) in [7, 11) is 0. The van der Waals surface area contributed by atoms with Crippen LogP contribution in [0.4, 0.5) is 0 Å². The van der Waals surface area contributed by atoms with E-state index in [1.165, 1.54) is 19.3 Å². The first-order valence-electron chi connectivity index (χ1n) is 3.55. The molecule has 0 aromatic rings. The average Bonchev–Trinajstić information content (AvgIpc) is 2.33. The highest BCUT2D eigenvalue weighted by Crippen LogP contribution is 2.31. The van der Waals surface area contributed by atoms with Gasteiger partial charge in [0.1, 0.15) is 0 Å². The molecule has 0 unspecified atom stereocenters. The van der Waals surface area contributed by atoms with Gasteiger partial charge in [0, 0.05) is 0 Å². The third kappa shape index (κ3) is 0.827. The second-order valence-corrected chi connectivity index (χ2v) is 2.66. The smallest absolute Gasteiger partial charge is 0.0123 e. The Morgan fingerprint density at radius 1 is 1.44 bits per heavy atom. The van der Waals surface area contributed by atoms with Crippen molar-refractivity contribution >= 4 is 0 Å². The number of rotatable bonds is 0. The largest absolute Gasteiger partial charge is 0.0802 e. The molecule has 0 nitrogen and oxygen atoms in total. The van der Waals surface area contributed by atoms with Crippen molar-refractivity contribution in [3.8, 4) is 0 Å². The SMILES string of the molecule is [C]1CCC2=C(C=CC2)C1. The molecule has 0 bridgehead atoms. The second kappa shape index (κ2) is 2.02. The summed E-state index contributed by atoms with van der Waals surface area (Å²) in [5, 5.41) is 0. The maximum absolute atomic E-state index is 3.35.